The molecule has 2 heteroatoms. The van der Waals surface area contributed by atoms with Crippen LogP contribution in [-0.2, 0) is 4.74 Å². The van der Waals surface area contributed by atoms with Crippen LogP contribution in [0.2, 0.25) is 0 Å². The zero-order valence-corrected chi connectivity index (χ0v) is 10.3. The molecule has 0 N–H and O–H groups in total. The molecule has 1 unspecified atom stereocenters. The summed E-state index contributed by atoms with van der Waals surface area (Å²) in [5, 5.41) is 0. The monoisotopic (exact) mass is 199 g/mol. The Morgan fingerprint density at radius 1 is 1.36 bits per heavy atom. The molecule has 1 atom stereocenters. The molecule has 2 nitrogen and oxygen atoms in total. The molecule has 0 spiro atoms. The zero-order chi connectivity index (χ0) is 10.8. The van der Waals surface area contributed by atoms with Crippen molar-refractivity contribution in [1.29, 1.82) is 0 Å². The van der Waals surface area contributed by atoms with Gasteiger partial charge in [-0.05, 0) is 25.3 Å². The lowest BCUT2D eigenvalue weighted by Gasteiger charge is -2.41. The first-order valence-electron chi connectivity index (χ1n) is 5.73. The molecule has 0 aliphatic carbocycles. The van der Waals surface area contributed by atoms with Gasteiger partial charge in [-0.1, -0.05) is 27.7 Å². The van der Waals surface area contributed by atoms with E-state index in [1.54, 1.807) is 0 Å². The largest absolute Gasteiger partial charge is 0.378 e. The Morgan fingerprint density at radius 2 is 1.93 bits per heavy atom. The standard InChI is InChI=1S/C12H25NO/c1-6-10(7-12(2,3)4)13(5)11-8-14-9-11/h10-11H,6-9H2,1-5H3. The smallest absolute Gasteiger partial charge is 0.0645 e. The minimum absolute atomic E-state index is 0.430. The van der Waals surface area contributed by atoms with Crippen molar-refractivity contribution < 1.29 is 4.74 Å². The van der Waals surface area contributed by atoms with Crippen molar-refractivity contribution in [2.75, 3.05) is 20.3 Å². The second-order valence-corrected chi connectivity index (χ2v) is 5.68. The van der Waals surface area contributed by atoms with Gasteiger partial charge in [0.25, 0.3) is 0 Å². The first-order chi connectivity index (χ1) is 6.44. The molecular formula is C12H25NO. The molecule has 1 aliphatic heterocycles. The van der Waals surface area contributed by atoms with E-state index in [-0.39, 0.29) is 0 Å². The molecule has 14 heavy (non-hydrogen) atoms. The third kappa shape index (κ3) is 3.25. The molecule has 1 fully saturated rings. The second-order valence-electron chi connectivity index (χ2n) is 5.68. The van der Waals surface area contributed by atoms with Crippen molar-refractivity contribution in [1.82, 2.24) is 4.90 Å². The zero-order valence-electron chi connectivity index (χ0n) is 10.3. The fraction of sp³-hybridized carbons (Fsp3) is 1.00. The SMILES string of the molecule is CCC(CC(C)(C)C)N(C)C1COC1. The van der Waals surface area contributed by atoms with Gasteiger partial charge in [-0.25, -0.2) is 0 Å². The van der Waals surface area contributed by atoms with Crippen LogP contribution in [0.4, 0.5) is 0 Å². The summed E-state index contributed by atoms with van der Waals surface area (Å²) >= 11 is 0. The first kappa shape index (κ1) is 12.0. The predicted molar refractivity (Wildman–Crippen MR) is 60.5 cm³/mol. The van der Waals surface area contributed by atoms with Crippen molar-refractivity contribution in [2.45, 2.75) is 52.6 Å². The van der Waals surface area contributed by atoms with E-state index >= 15 is 0 Å². The second kappa shape index (κ2) is 4.63. The summed E-state index contributed by atoms with van der Waals surface area (Å²) in [5.74, 6) is 0. The third-order valence-corrected chi connectivity index (χ3v) is 3.09. The van der Waals surface area contributed by atoms with Gasteiger partial charge in [-0.15, -0.1) is 0 Å². The number of ether oxygens (including phenoxy) is 1. The Morgan fingerprint density at radius 3 is 2.21 bits per heavy atom. The summed E-state index contributed by atoms with van der Waals surface area (Å²) in [6, 6.07) is 1.38. The summed E-state index contributed by atoms with van der Waals surface area (Å²) in [7, 11) is 2.24. The normalized spacial score (nSPS) is 21.0. The Hall–Kier alpha value is -0.0800. The van der Waals surface area contributed by atoms with Crippen LogP contribution in [0.3, 0.4) is 0 Å². The average Bonchev–Trinajstić information content (AvgIpc) is 1.94. The lowest BCUT2D eigenvalue weighted by Crippen LogP contribution is -2.51. The van der Waals surface area contributed by atoms with Crippen LogP contribution in [0.1, 0.15) is 40.5 Å². The molecule has 0 aromatic rings. The average molecular weight is 199 g/mol. The highest BCUT2D eigenvalue weighted by molar-refractivity contribution is 4.82. The van der Waals surface area contributed by atoms with Gasteiger partial charge >= 0.3 is 0 Å². The van der Waals surface area contributed by atoms with Crippen LogP contribution in [0.25, 0.3) is 0 Å². The predicted octanol–water partition coefficient (Wildman–Crippen LogP) is 2.53. The minimum atomic E-state index is 0.430. The number of rotatable bonds is 4. The van der Waals surface area contributed by atoms with Crippen molar-refractivity contribution in [2.24, 2.45) is 5.41 Å². The van der Waals surface area contributed by atoms with E-state index in [0.717, 1.165) is 13.2 Å². The van der Waals surface area contributed by atoms with Crippen molar-refractivity contribution in [3.8, 4) is 0 Å². The molecule has 1 heterocycles. The van der Waals surface area contributed by atoms with Crippen LogP contribution in [-0.4, -0.2) is 37.2 Å². The first-order valence-corrected chi connectivity index (χ1v) is 5.73. The fourth-order valence-electron chi connectivity index (χ4n) is 2.04. The highest BCUT2D eigenvalue weighted by Crippen LogP contribution is 2.26. The molecule has 0 saturated carbocycles. The topological polar surface area (TPSA) is 12.5 Å². The number of likely N-dealkylation sites (N-methyl/N-ethyl adjacent to an activating group) is 1. The van der Waals surface area contributed by atoms with Gasteiger partial charge in [0.05, 0.1) is 19.3 Å². The molecule has 1 aliphatic rings. The van der Waals surface area contributed by atoms with Gasteiger partial charge in [0.15, 0.2) is 0 Å². The van der Waals surface area contributed by atoms with Gasteiger partial charge < -0.3 is 4.74 Å². The summed E-state index contributed by atoms with van der Waals surface area (Å²) < 4.78 is 5.24. The van der Waals surface area contributed by atoms with Crippen molar-refractivity contribution in [3.05, 3.63) is 0 Å². The molecule has 0 aromatic heterocycles. The van der Waals surface area contributed by atoms with E-state index in [4.69, 9.17) is 4.74 Å². The molecule has 0 bridgehead atoms. The maximum atomic E-state index is 5.24. The van der Waals surface area contributed by atoms with Gasteiger partial charge in [-0.3, -0.25) is 4.90 Å². The highest BCUT2D eigenvalue weighted by atomic mass is 16.5. The molecule has 0 aromatic carbocycles. The van der Waals surface area contributed by atoms with Gasteiger partial charge in [0.2, 0.25) is 0 Å². The van der Waals surface area contributed by atoms with Crippen LogP contribution in [0.15, 0.2) is 0 Å². The fourth-order valence-corrected chi connectivity index (χ4v) is 2.04. The van der Waals surface area contributed by atoms with E-state index in [1.165, 1.54) is 12.8 Å². The molecule has 0 amide bonds. The van der Waals surface area contributed by atoms with E-state index in [9.17, 15) is 0 Å². The van der Waals surface area contributed by atoms with Crippen molar-refractivity contribution in [3.63, 3.8) is 0 Å². The van der Waals surface area contributed by atoms with E-state index in [2.05, 4.69) is 39.6 Å². The number of hydrogen-bond acceptors (Lipinski definition) is 2. The molecule has 0 radical (unpaired) electrons. The lowest BCUT2D eigenvalue weighted by atomic mass is 9.86. The quantitative estimate of drug-likeness (QED) is 0.690. The number of nitrogens with zero attached hydrogens (tertiary/aromatic N) is 1. The van der Waals surface area contributed by atoms with E-state index < -0.39 is 0 Å². The van der Waals surface area contributed by atoms with E-state index in [1.807, 2.05) is 0 Å². The highest BCUT2D eigenvalue weighted by Gasteiger charge is 2.29. The molecule has 1 saturated heterocycles. The molecule has 84 valence electrons. The van der Waals surface area contributed by atoms with Gasteiger partial charge in [0.1, 0.15) is 0 Å². The molecular weight excluding hydrogens is 174 g/mol. The maximum absolute atomic E-state index is 5.24. The van der Waals surface area contributed by atoms with Gasteiger partial charge in [-0.2, -0.15) is 0 Å². The third-order valence-electron chi connectivity index (χ3n) is 3.09. The minimum Gasteiger partial charge on any atom is -0.378 e. The Labute approximate surface area is 88.6 Å². The van der Waals surface area contributed by atoms with Crippen molar-refractivity contribution >= 4 is 0 Å². The summed E-state index contributed by atoms with van der Waals surface area (Å²) in [5.41, 5.74) is 0.430. The Kier molecular flexibility index (Phi) is 3.96. The van der Waals surface area contributed by atoms with E-state index in [0.29, 0.717) is 17.5 Å². The van der Waals surface area contributed by atoms with Gasteiger partial charge in [0, 0.05) is 6.04 Å². The van der Waals surface area contributed by atoms with Crippen LogP contribution in [0, 0.1) is 5.41 Å². The number of hydrogen-bond donors (Lipinski definition) is 0. The summed E-state index contributed by atoms with van der Waals surface area (Å²) in [4.78, 5) is 2.51. The van der Waals surface area contributed by atoms with Crippen LogP contribution in [0.5, 0.6) is 0 Å². The Balaban J connectivity index is 2.43. The van der Waals surface area contributed by atoms with Crippen LogP contribution >= 0.6 is 0 Å². The summed E-state index contributed by atoms with van der Waals surface area (Å²) in [6.07, 6.45) is 2.51. The van der Waals surface area contributed by atoms with Crippen LogP contribution < -0.4 is 0 Å². The summed E-state index contributed by atoms with van der Waals surface area (Å²) in [6.45, 7) is 11.1. The molecule has 1 rings (SSSR count). The maximum Gasteiger partial charge on any atom is 0.0645 e. The lowest BCUT2D eigenvalue weighted by molar-refractivity contribution is -0.0739. The Bertz CT molecular complexity index is 170.